The number of pyridine rings is 1. The van der Waals surface area contributed by atoms with E-state index in [1.165, 1.54) is 4.68 Å². The third kappa shape index (κ3) is 4.40. The van der Waals surface area contributed by atoms with Crippen LogP contribution in [-0.4, -0.2) is 38.3 Å². The van der Waals surface area contributed by atoms with Crippen molar-refractivity contribution < 1.29 is 9.47 Å². The normalized spacial score (nSPS) is 17.5. The van der Waals surface area contributed by atoms with Crippen LogP contribution in [0.3, 0.4) is 0 Å². The Labute approximate surface area is 181 Å². The van der Waals surface area contributed by atoms with Crippen molar-refractivity contribution in [3.63, 3.8) is 0 Å². The summed E-state index contributed by atoms with van der Waals surface area (Å²) in [5.74, 6) is 1.95. The van der Waals surface area contributed by atoms with Gasteiger partial charge in [0, 0.05) is 55.5 Å². The highest BCUT2D eigenvalue weighted by atomic mass is 16.5. The Balaban J connectivity index is 1.39. The molecule has 1 fully saturated rings. The van der Waals surface area contributed by atoms with E-state index in [2.05, 4.69) is 20.5 Å². The lowest BCUT2D eigenvalue weighted by Crippen LogP contribution is -2.24. The maximum Gasteiger partial charge on any atom is 0.290 e. The molecular weight excluding hydrogens is 396 g/mol. The predicted molar refractivity (Wildman–Crippen MR) is 117 cm³/mol. The van der Waals surface area contributed by atoms with Crippen molar-refractivity contribution in [3.05, 3.63) is 57.4 Å². The molecule has 164 valence electrons. The maximum atomic E-state index is 12.5. The highest BCUT2D eigenvalue weighted by molar-refractivity contribution is 5.44. The average Bonchev–Trinajstić information content (AvgIpc) is 3.50. The highest BCUT2D eigenvalue weighted by Gasteiger charge is 2.40. The van der Waals surface area contributed by atoms with E-state index in [-0.39, 0.29) is 5.56 Å². The van der Waals surface area contributed by atoms with Gasteiger partial charge >= 0.3 is 0 Å². The lowest BCUT2D eigenvalue weighted by atomic mass is 10.2. The van der Waals surface area contributed by atoms with Crippen molar-refractivity contribution in [2.24, 2.45) is 20.0 Å². The molecule has 0 amide bonds. The van der Waals surface area contributed by atoms with Crippen molar-refractivity contribution >= 4 is 5.69 Å². The molecule has 9 heteroatoms. The summed E-state index contributed by atoms with van der Waals surface area (Å²) in [7, 11) is 5.17. The molecule has 0 spiro atoms. The smallest absolute Gasteiger partial charge is 0.290 e. The molecule has 1 N–H and O–H groups in total. The zero-order valence-corrected chi connectivity index (χ0v) is 18.5. The maximum absolute atomic E-state index is 12.5. The quantitative estimate of drug-likeness (QED) is 0.593. The Morgan fingerprint density at radius 3 is 2.65 bits per heavy atom. The second-order valence-corrected chi connectivity index (χ2v) is 7.99. The Bertz CT molecular complexity index is 1140. The first kappa shape index (κ1) is 20.9. The van der Waals surface area contributed by atoms with E-state index < -0.39 is 0 Å². The summed E-state index contributed by atoms with van der Waals surface area (Å²) in [6, 6.07) is 5.60. The Morgan fingerprint density at radius 2 is 2.00 bits per heavy atom. The van der Waals surface area contributed by atoms with Crippen LogP contribution in [0, 0.1) is 19.8 Å². The van der Waals surface area contributed by atoms with Gasteiger partial charge in [0.2, 0.25) is 5.88 Å². The number of aryl methyl sites for hydroxylation is 3. The van der Waals surface area contributed by atoms with Crippen LogP contribution in [0.15, 0.2) is 29.2 Å². The molecule has 31 heavy (non-hydrogen) atoms. The molecule has 3 aromatic heterocycles. The van der Waals surface area contributed by atoms with E-state index in [0.29, 0.717) is 36.6 Å². The molecule has 0 aromatic carbocycles. The number of hydrogen-bond acceptors (Lipinski definition) is 7. The van der Waals surface area contributed by atoms with Gasteiger partial charge in [-0.25, -0.2) is 4.68 Å². The number of nitrogens with zero attached hydrogens (tertiary/aromatic N) is 5. The molecule has 0 radical (unpaired) electrons. The van der Waals surface area contributed by atoms with Gasteiger partial charge in [-0.05, 0) is 32.4 Å². The Kier molecular flexibility index (Phi) is 5.67. The summed E-state index contributed by atoms with van der Waals surface area (Å²) >= 11 is 0. The van der Waals surface area contributed by atoms with E-state index >= 15 is 0 Å². The van der Waals surface area contributed by atoms with Crippen LogP contribution in [-0.2, 0) is 20.6 Å². The highest BCUT2D eigenvalue weighted by Crippen LogP contribution is 2.46. The zero-order chi connectivity index (χ0) is 22.1. The molecule has 9 nitrogen and oxygen atoms in total. The van der Waals surface area contributed by atoms with Crippen LogP contribution in [0.4, 0.5) is 5.69 Å². The molecule has 0 aliphatic heterocycles. The fourth-order valence-corrected chi connectivity index (χ4v) is 3.75. The summed E-state index contributed by atoms with van der Waals surface area (Å²) in [5, 5.41) is 11.9. The standard InChI is InChI=1S/C22H28N6O3/c1-13-18(14(2)27(3)25-13)11-24-20-9-21(26-28(4)22(20)29)31-12-15-8-17(15)19-7-6-16(30-5)10-23-19/h6-7,9-10,15,17,24H,8,11-12H2,1-5H3. The number of hydrogen-bond donors (Lipinski definition) is 1. The minimum Gasteiger partial charge on any atom is -0.495 e. The van der Waals surface area contributed by atoms with E-state index in [9.17, 15) is 4.79 Å². The first-order valence-electron chi connectivity index (χ1n) is 10.3. The second-order valence-electron chi connectivity index (χ2n) is 7.99. The molecule has 0 bridgehead atoms. The number of aromatic nitrogens is 5. The summed E-state index contributed by atoms with van der Waals surface area (Å²) in [5.41, 5.74) is 4.41. The first-order chi connectivity index (χ1) is 14.9. The molecule has 3 aromatic rings. The summed E-state index contributed by atoms with van der Waals surface area (Å²) in [6.45, 7) is 5.02. The minimum atomic E-state index is -0.196. The summed E-state index contributed by atoms with van der Waals surface area (Å²) in [6.07, 6.45) is 2.76. The van der Waals surface area contributed by atoms with Gasteiger partial charge < -0.3 is 14.8 Å². The van der Waals surface area contributed by atoms with Gasteiger partial charge in [0.05, 0.1) is 25.6 Å². The van der Waals surface area contributed by atoms with Crippen molar-refractivity contribution in [3.8, 4) is 11.6 Å². The number of anilines is 1. The zero-order valence-electron chi connectivity index (χ0n) is 18.5. The molecule has 1 aliphatic carbocycles. The topological polar surface area (TPSA) is 96.1 Å². The van der Waals surface area contributed by atoms with Crippen LogP contribution in [0.2, 0.25) is 0 Å². The lowest BCUT2D eigenvalue weighted by Gasteiger charge is -2.11. The van der Waals surface area contributed by atoms with E-state index in [0.717, 1.165) is 34.8 Å². The average molecular weight is 425 g/mol. The largest absolute Gasteiger partial charge is 0.495 e. The monoisotopic (exact) mass is 424 g/mol. The van der Waals surface area contributed by atoms with Gasteiger partial charge in [-0.15, -0.1) is 5.10 Å². The van der Waals surface area contributed by atoms with Gasteiger partial charge in [-0.3, -0.25) is 14.5 Å². The van der Waals surface area contributed by atoms with Crippen LogP contribution in [0.5, 0.6) is 11.6 Å². The molecule has 2 unspecified atom stereocenters. The van der Waals surface area contributed by atoms with Gasteiger partial charge in [0.25, 0.3) is 5.56 Å². The van der Waals surface area contributed by atoms with Gasteiger partial charge in [-0.2, -0.15) is 5.10 Å². The van der Waals surface area contributed by atoms with Gasteiger partial charge in [-0.1, -0.05) is 0 Å². The Hall–Kier alpha value is -3.36. The predicted octanol–water partition coefficient (Wildman–Crippen LogP) is 2.33. The molecule has 4 rings (SSSR count). The van der Waals surface area contributed by atoms with Crippen LogP contribution in [0.25, 0.3) is 0 Å². The molecule has 1 aliphatic rings. The van der Waals surface area contributed by atoms with Crippen molar-refractivity contribution in [1.82, 2.24) is 24.5 Å². The van der Waals surface area contributed by atoms with Gasteiger partial charge in [0.1, 0.15) is 11.4 Å². The molecule has 2 atom stereocenters. The van der Waals surface area contributed by atoms with Crippen molar-refractivity contribution in [2.45, 2.75) is 32.7 Å². The summed E-state index contributed by atoms with van der Waals surface area (Å²) < 4.78 is 14.2. The third-order valence-electron chi connectivity index (χ3n) is 5.90. The minimum absolute atomic E-state index is 0.196. The third-order valence-corrected chi connectivity index (χ3v) is 5.90. The molecule has 1 saturated carbocycles. The van der Waals surface area contributed by atoms with Crippen molar-refractivity contribution in [2.75, 3.05) is 19.0 Å². The number of methoxy groups -OCH3 is 1. The first-order valence-corrected chi connectivity index (χ1v) is 10.3. The van der Waals surface area contributed by atoms with Crippen LogP contribution >= 0.6 is 0 Å². The fourth-order valence-electron chi connectivity index (χ4n) is 3.75. The van der Waals surface area contributed by atoms with E-state index in [1.54, 1.807) is 26.4 Å². The van der Waals surface area contributed by atoms with E-state index in [4.69, 9.17) is 9.47 Å². The SMILES string of the molecule is COc1ccc(C2CC2COc2cc(NCc3c(C)nn(C)c3C)c(=O)n(C)n2)nc1. The summed E-state index contributed by atoms with van der Waals surface area (Å²) in [4.78, 5) is 17.0. The fraction of sp³-hybridized carbons (Fsp3) is 0.455. The second kappa shape index (κ2) is 8.41. The molecular formula is C22H28N6O3. The number of rotatable bonds is 8. The molecule has 3 heterocycles. The Morgan fingerprint density at radius 1 is 1.19 bits per heavy atom. The van der Waals surface area contributed by atoms with Crippen LogP contribution < -0.4 is 20.3 Å². The van der Waals surface area contributed by atoms with Crippen LogP contribution in [0.1, 0.15) is 35.0 Å². The van der Waals surface area contributed by atoms with E-state index in [1.807, 2.05) is 37.7 Å². The number of nitrogens with one attached hydrogen (secondary N) is 1. The van der Waals surface area contributed by atoms with Gasteiger partial charge in [0.15, 0.2) is 0 Å². The molecule has 0 saturated heterocycles. The van der Waals surface area contributed by atoms with Crippen molar-refractivity contribution in [1.29, 1.82) is 0 Å². The lowest BCUT2D eigenvalue weighted by molar-refractivity contribution is 0.278. The number of ether oxygens (including phenoxy) is 2.